The molecule has 19 heavy (non-hydrogen) atoms. The highest BCUT2D eigenvalue weighted by Crippen LogP contribution is 2.30. The fourth-order valence-corrected chi connectivity index (χ4v) is 2.40. The van der Waals surface area contributed by atoms with Crippen LogP contribution in [-0.4, -0.2) is 4.99 Å². The second kappa shape index (κ2) is 6.09. The van der Waals surface area contributed by atoms with Crippen LogP contribution in [0.3, 0.4) is 0 Å². The Morgan fingerprint density at radius 3 is 2.42 bits per heavy atom. The van der Waals surface area contributed by atoms with E-state index in [2.05, 4.69) is 21.2 Å². The Hall–Kier alpha value is -0.810. The van der Waals surface area contributed by atoms with Crippen molar-refractivity contribution in [1.29, 1.82) is 0 Å². The van der Waals surface area contributed by atoms with E-state index in [0.29, 0.717) is 15.0 Å². The first kappa shape index (κ1) is 14.6. The van der Waals surface area contributed by atoms with E-state index in [4.69, 9.17) is 41.2 Å². The molecule has 0 fully saturated rings. The van der Waals surface area contributed by atoms with Crippen LogP contribution in [0.1, 0.15) is 5.56 Å². The van der Waals surface area contributed by atoms with Crippen LogP contribution in [0.25, 0.3) is 0 Å². The van der Waals surface area contributed by atoms with Gasteiger partial charge in [0.15, 0.2) is 0 Å². The van der Waals surface area contributed by atoms with Crippen LogP contribution >= 0.6 is 51.3 Å². The predicted molar refractivity (Wildman–Crippen MR) is 89.8 cm³/mol. The fraction of sp³-hybridized carbons (Fsp3) is 0. The first-order chi connectivity index (χ1) is 8.97. The Morgan fingerprint density at radius 1 is 1.11 bits per heavy atom. The highest BCUT2D eigenvalue weighted by molar-refractivity contribution is 9.10. The maximum Gasteiger partial charge on any atom is 0.104 e. The number of anilines is 2. The summed E-state index contributed by atoms with van der Waals surface area (Å²) < 4.78 is 0.865. The molecule has 0 unspecified atom stereocenters. The summed E-state index contributed by atoms with van der Waals surface area (Å²) in [6, 6.07) is 11.0. The number of hydrogen-bond donors (Lipinski definition) is 2. The zero-order valence-electron chi connectivity index (χ0n) is 9.58. The number of thiocarbonyl (C=S) groups is 1. The minimum Gasteiger partial charge on any atom is -0.389 e. The predicted octanol–water partition coefficient (Wildman–Crippen LogP) is 5.13. The summed E-state index contributed by atoms with van der Waals surface area (Å²) in [5.74, 6) is 0. The van der Waals surface area contributed by atoms with E-state index in [1.54, 1.807) is 12.1 Å². The van der Waals surface area contributed by atoms with Gasteiger partial charge < -0.3 is 11.1 Å². The van der Waals surface area contributed by atoms with Gasteiger partial charge in [0.1, 0.15) is 4.99 Å². The summed E-state index contributed by atoms with van der Waals surface area (Å²) in [6.07, 6.45) is 0. The van der Waals surface area contributed by atoms with Crippen LogP contribution in [0.4, 0.5) is 11.4 Å². The largest absolute Gasteiger partial charge is 0.389 e. The number of halogens is 3. The van der Waals surface area contributed by atoms with Crippen molar-refractivity contribution in [2.75, 3.05) is 5.32 Å². The molecule has 2 aromatic rings. The van der Waals surface area contributed by atoms with Crippen LogP contribution in [0.15, 0.2) is 40.9 Å². The van der Waals surface area contributed by atoms with E-state index >= 15 is 0 Å². The van der Waals surface area contributed by atoms with Crippen LogP contribution in [0.5, 0.6) is 0 Å². The van der Waals surface area contributed by atoms with Gasteiger partial charge in [0.25, 0.3) is 0 Å². The van der Waals surface area contributed by atoms with Crippen molar-refractivity contribution in [3.05, 3.63) is 56.5 Å². The van der Waals surface area contributed by atoms with Gasteiger partial charge in [-0.1, -0.05) is 35.4 Å². The van der Waals surface area contributed by atoms with Crippen molar-refractivity contribution in [2.24, 2.45) is 5.73 Å². The van der Waals surface area contributed by atoms with E-state index in [0.717, 1.165) is 21.4 Å². The molecule has 2 rings (SSSR count). The number of hydrogen-bond acceptors (Lipinski definition) is 2. The lowest BCUT2D eigenvalue weighted by Gasteiger charge is -2.10. The van der Waals surface area contributed by atoms with Gasteiger partial charge in [-0.2, -0.15) is 0 Å². The summed E-state index contributed by atoms with van der Waals surface area (Å²) >= 11 is 20.2. The zero-order chi connectivity index (χ0) is 14.0. The van der Waals surface area contributed by atoms with E-state index in [-0.39, 0.29) is 0 Å². The normalized spacial score (nSPS) is 10.3. The molecule has 2 nitrogen and oxygen atoms in total. The third kappa shape index (κ3) is 3.60. The lowest BCUT2D eigenvalue weighted by atomic mass is 10.2. The average molecular weight is 376 g/mol. The molecule has 2 aromatic carbocycles. The molecule has 0 aliphatic heterocycles. The van der Waals surface area contributed by atoms with E-state index < -0.39 is 0 Å². The molecule has 0 spiro atoms. The van der Waals surface area contributed by atoms with Gasteiger partial charge in [-0.3, -0.25) is 0 Å². The van der Waals surface area contributed by atoms with Crippen LogP contribution in [-0.2, 0) is 0 Å². The number of nitrogens with one attached hydrogen (secondary N) is 1. The SMILES string of the molecule is NC(=S)c1ccc(Nc2ccc(Cl)c(Cl)c2)c(Br)c1. The molecule has 0 atom stereocenters. The summed E-state index contributed by atoms with van der Waals surface area (Å²) in [5.41, 5.74) is 8.12. The van der Waals surface area contributed by atoms with E-state index in [1.807, 2.05) is 24.3 Å². The fourth-order valence-electron chi connectivity index (χ4n) is 1.50. The monoisotopic (exact) mass is 374 g/mol. The smallest absolute Gasteiger partial charge is 0.104 e. The lowest BCUT2D eigenvalue weighted by Crippen LogP contribution is -2.09. The molecule has 0 aliphatic carbocycles. The molecule has 0 saturated heterocycles. The molecular weight excluding hydrogens is 367 g/mol. The summed E-state index contributed by atoms with van der Waals surface area (Å²) in [5, 5.41) is 4.26. The van der Waals surface area contributed by atoms with Crippen LogP contribution in [0.2, 0.25) is 10.0 Å². The second-order valence-corrected chi connectivity index (χ2v) is 5.92. The second-order valence-electron chi connectivity index (χ2n) is 3.81. The van der Waals surface area contributed by atoms with Crippen molar-refractivity contribution >= 4 is 67.7 Å². The molecule has 3 N–H and O–H groups in total. The maximum atomic E-state index is 5.97. The Labute approximate surface area is 135 Å². The first-order valence-corrected chi connectivity index (χ1v) is 7.24. The molecule has 0 saturated carbocycles. The Bertz CT molecular complexity index is 647. The van der Waals surface area contributed by atoms with Crippen molar-refractivity contribution in [1.82, 2.24) is 0 Å². The minimum absolute atomic E-state index is 0.363. The molecule has 0 amide bonds. The van der Waals surface area contributed by atoms with E-state index in [1.165, 1.54) is 0 Å². The average Bonchev–Trinajstić information content (AvgIpc) is 2.36. The standard InChI is InChI=1S/C13H9BrCl2N2S/c14-9-5-7(13(17)19)1-4-12(9)18-8-2-3-10(15)11(16)6-8/h1-6,18H,(H2,17,19). The molecule has 0 bridgehead atoms. The zero-order valence-corrected chi connectivity index (χ0v) is 13.5. The third-order valence-electron chi connectivity index (χ3n) is 2.45. The van der Waals surface area contributed by atoms with Gasteiger partial charge in [-0.15, -0.1) is 0 Å². The van der Waals surface area contributed by atoms with Gasteiger partial charge in [-0.05, 0) is 52.3 Å². The molecule has 98 valence electrons. The highest BCUT2D eigenvalue weighted by atomic mass is 79.9. The number of nitrogens with two attached hydrogens (primary N) is 1. The van der Waals surface area contributed by atoms with Gasteiger partial charge in [0.2, 0.25) is 0 Å². The van der Waals surface area contributed by atoms with Gasteiger partial charge in [-0.25, -0.2) is 0 Å². The minimum atomic E-state index is 0.363. The van der Waals surface area contributed by atoms with Crippen molar-refractivity contribution in [2.45, 2.75) is 0 Å². The molecule has 6 heteroatoms. The number of benzene rings is 2. The molecule has 0 radical (unpaired) electrons. The Morgan fingerprint density at radius 2 is 1.84 bits per heavy atom. The lowest BCUT2D eigenvalue weighted by molar-refractivity contribution is 1.51. The van der Waals surface area contributed by atoms with Gasteiger partial charge in [0.05, 0.1) is 15.7 Å². The molecule has 0 heterocycles. The Balaban J connectivity index is 2.28. The van der Waals surface area contributed by atoms with Gasteiger partial charge in [0, 0.05) is 15.7 Å². The Kier molecular flexibility index (Phi) is 4.68. The van der Waals surface area contributed by atoms with Crippen molar-refractivity contribution < 1.29 is 0 Å². The van der Waals surface area contributed by atoms with Crippen molar-refractivity contribution in [3.8, 4) is 0 Å². The first-order valence-electron chi connectivity index (χ1n) is 5.29. The summed E-state index contributed by atoms with van der Waals surface area (Å²) in [7, 11) is 0. The van der Waals surface area contributed by atoms with Gasteiger partial charge >= 0.3 is 0 Å². The molecular formula is C13H9BrCl2N2S. The van der Waals surface area contributed by atoms with E-state index in [9.17, 15) is 0 Å². The highest BCUT2D eigenvalue weighted by Gasteiger charge is 2.05. The van der Waals surface area contributed by atoms with Crippen molar-refractivity contribution in [3.63, 3.8) is 0 Å². The number of rotatable bonds is 3. The van der Waals surface area contributed by atoms with Crippen LogP contribution in [0, 0.1) is 0 Å². The quantitative estimate of drug-likeness (QED) is 0.730. The molecule has 0 aliphatic rings. The summed E-state index contributed by atoms with van der Waals surface area (Å²) in [4.78, 5) is 0.363. The third-order valence-corrected chi connectivity index (χ3v) is 4.08. The summed E-state index contributed by atoms with van der Waals surface area (Å²) in [6.45, 7) is 0. The maximum absolute atomic E-state index is 5.97. The molecule has 0 aromatic heterocycles. The van der Waals surface area contributed by atoms with Crippen LogP contribution < -0.4 is 11.1 Å². The topological polar surface area (TPSA) is 38.0 Å².